The maximum absolute atomic E-state index is 11.6. The van der Waals surface area contributed by atoms with Crippen LogP contribution < -0.4 is 4.74 Å². The molecule has 1 N–H and O–H groups in total. The molecule has 1 saturated carbocycles. The van der Waals surface area contributed by atoms with Crippen molar-refractivity contribution in [2.45, 2.75) is 45.6 Å². The second-order valence-electron chi connectivity index (χ2n) is 7.38. The van der Waals surface area contributed by atoms with Gasteiger partial charge in [0.05, 0.1) is 5.02 Å². The van der Waals surface area contributed by atoms with Crippen LogP contribution in [0.3, 0.4) is 0 Å². The summed E-state index contributed by atoms with van der Waals surface area (Å²) in [6.45, 7) is 4.63. The minimum absolute atomic E-state index is 0.327. The van der Waals surface area contributed by atoms with E-state index < -0.39 is 12.1 Å². The highest BCUT2D eigenvalue weighted by atomic mass is 35.5. The summed E-state index contributed by atoms with van der Waals surface area (Å²) < 4.78 is 5.64. The van der Waals surface area contributed by atoms with Crippen molar-refractivity contribution in [3.63, 3.8) is 0 Å². The average Bonchev–Trinajstić information content (AvgIpc) is 2.52. The van der Waals surface area contributed by atoms with Crippen LogP contribution >= 0.6 is 23.2 Å². The Balaban J connectivity index is 1.65. The van der Waals surface area contributed by atoms with E-state index in [-0.39, 0.29) is 0 Å². The van der Waals surface area contributed by atoms with Crippen LogP contribution in [0.5, 0.6) is 5.75 Å². The predicted octanol–water partition coefficient (Wildman–Crippen LogP) is 5.60. The van der Waals surface area contributed by atoms with E-state index in [1.165, 1.54) is 12.0 Å². The van der Waals surface area contributed by atoms with Gasteiger partial charge in [0, 0.05) is 5.02 Å². The van der Waals surface area contributed by atoms with Crippen molar-refractivity contribution < 1.29 is 14.6 Å². The third-order valence-electron chi connectivity index (χ3n) is 5.72. The Hall–Kier alpha value is -1.19. The van der Waals surface area contributed by atoms with E-state index in [4.69, 9.17) is 27.9 Å². The van der Waals surface area contributed by atoms with Gasteiger partial charge in [-0.05, 0) is 61.1 Å². The molecule has 0 amide bonds. The van der Waals surface area contributed by atoms with Crippen LogP contribution in [-0.2, 0) is 4.79 Å². The first kappa shape index (κ1) is 17.6. The molecule has 1 fully saturated rings. The standard InChI is InChI=1S/C19H22Cl2O3/c1-19(2)12-5-3-11(14(19)9-12)4-7-17(18(22)23)24-16-8-6-13(20)10-15(16)21/h3,6,8,10,12,14,17H,4-5,7,9H2,1-2H3,(H,22,23). The Morgan fingerprint density at radius 1 is 1.42 bits per heavy atom. The molecular weight excluding hydrogens is 347 g/mol. The number of hydrogen-bond donors (Lipinski definition) is 1. The first-order valence-electron chi connectivity index (χ1n) is 8.32. The Kier molecular flexibility index (Phi) is 4.85. The lowest BCUT2D eigenvalue weighted by atomic mass is 9.48. The van der Waals surface area contributed by atoms with Gasteiger partial charge in [-0.15, -0.1) is 0 Å². The lowest BCUT2D eigenvalue weighted by Crippen LogP contribution is -2.48. The van der Waals surface area contributed by atoms with E-state index in [0.29, 0.717) is 33.5 Å². The van der Waals surface area contributed by atoms with Crippen molar-refractivity contribution in [1.29, 1.82) is 0 Å². The molecule has 3 aliphatic rings. The topological polar surface area (TPSA) is 46.5 Å². The SMILES string of the molecule is CC1(C)C2CC=C(CCC(Oc3ccc(Cl)cc3Cl)C(=O)O)C1C2. The molecule has 24 heavy (non-hydrogen) atoms. The summed E-state index contributed by atoms with van der Waals surface area (Å²) >= 11 is 11.9. The zero-order chi connectivity index (χ0) is 17.5. The maximum atomic E-state index is 11.6. The van der Waals surface area contributed by atoms with Crippen molar-refractivity contribution in [2.24, 2.45) is 17.3 Å². The predicted molar refractivity (Wildman–Crippen MR) is 95.8 cm³/mol. The van der Waals surface area contributed by atoms with Gasteiger partial charge in [0.1, 0.15) is 5.75 Å². The van der Waals surface area contributed by atoms with Crippen LogP contribution in [0.25, 0.3) is 0 Å². The summed E-state index contributed by atoms with van der Waals surface area (Å²) in [5.74, 6) is 0.758. The lowest BCUT2D eigenvalue weighted by Gasteiger charge is -2.56. The molecule has 5 heteroatoms. The fraction of sp³-hybridized carbons (Fsp3) is 0.526. The molecule has 4 rings (SSSR count). The molecule has 2 bridgehead atoms. The largest absolute Gasteiger partial charge is 0.479 e. The molecule has 3 nitrogen and oxygen atoms in total. The van der Waals surface area contributed by atoms with Crippen LogP contribution in [-0.4, -0.2) is 17.2 Å². The summed E-state index contributed by atoms with van der Waals surface area (Å²) in [6.07, 6.45) is 4.94. The fourth-order valence-electron chi connectivity index (χ4n) is 4.01. The van der Waals surface area contributed by atoms with Gasteiger partial charge in [0.15, 0.2) is 6.10 Å². The fourth-order valence-corrected chi connectivity index (χ4v) is 4.47. The highest BCUT2D eigenvalue weighted by Crippen LogP contribution is 2.59. The van der Waals surface area contributed by atoms with Crippen molar-refractivity contribution in [3.8, 4) is 5.75 Å². The normalized spacial score (nSPS) is 25.4. The number of aliphatic carboxylic acids is 1. The van der Waals surface area contributed by atoms with Crippen molar-refractivity contribution in [1.82, 2.24) is 0 Å². The smallest absolute Gasteiger partial charge is 0.344 e. The molecular formula is C19H22Cl2O3. The third-order valence-corrected chi connectivity index (χ3v) is 6.25. The van der Waals surface area contributed by atoms with Crippen LogP contribution in [0, 0.1) is 17.3 Å². The summed E-state index contributed by atoms with van der Waals surface area (Å²) in [6, 6.07) is 4.81. The van der Waals surface area contributed by atoms with Crippen molar-refractivity contribution in [2.75, 3.05) is 0 Å². The Morgan fingerprint density at radius 2 is 2.17 bits per heavy atom. The first-order chi connectivity index (χ1) is 11.3. The van der Waals surface area contributed by atoms with Crippen LogP contribution in [0.4, 0.5) is 0 Å². The number of benzene rings is 1. The molecule has 0 heterocycles. The minimum atomic E-state index is -0.969. The average molecular weight is 369 g/mol. The highest BCUT2D eigenvalue weighted by molar-refractivity contribution is 6.35. The molecule has 130 valence electrons. The number of halogens is 2. The number of fused-ring (bicyclic) bond motifs is 1. The van der Waals surface area contributed by atoms with Gasteiger partial charge in [-0.3, -0.25) is 0 Å². The minimum Gasteiger partial charge on any atom is -0.479 e. The first-order valence-corrected chi connectivity index (χ1v) is 9.08. The molecule has 0 saturated heterocycles. The van der Waals surface area contributed by atoms with E-state index >= 15 is 0 Å². The molecule has 3 unspecified atom stereocenters. The number of carboxylic acid groups (broad SMARTS) is 1. The number of rotatable bonds is 6. The lowest BCUT2D eigenvalue weighted by molar-refractivity contribution is -0.145. The second-order valence-corrected chi connectivity index (χ2v) is 8.22. The number of hydrogen-bond acceptors (Lipinski definition) is 2. The Morgan fingerprint density at radius 3 is 2.75 bits per heavy atom. The number of carboxylic acids is 1. The summed E-state index contributed by atoms with van der Waals surface area (Å²) in [5, 5.41) is 10.3. The molecule has 0 radical (unpaired) electrons. The molecule has 3 atom stereocenters. The van der Waals surface area contributed by atoms with E-state index in [0.717, 1.165) is 18.8 Å². The van der Waals surface area contributed by atoms with Crippen LogP contribution in [0.1, 0.15) is 39.5 Å². The monoisotopic (exact) mass is 368 g/mol. The summed E-state index contributed by atoms with van der Waals surface area (Å²) in [5.41, 5.74) is 1.74. The van der Waals surface area contributed by atoms with Crippen LogP contribution in [0.2, 0.25) is 10.0 Å². The van der Waals surface area contributed by atoms with Gasteiger partial charge in [0.25, 0.3) is 0 Å². The quantitative estimate of drug-likeness (QED) is 0.664. The molecule has 3 aliphatic carbocycles. The third kappa shape index (κ3) is 3.29. The van der Waals surface area contributed by atoms with E-state index in [1.807, 2.05) is 0 Å². The molecule has 0 aliphatic heterocycles. The molecule has 1 aromatic rings. The van der Waals surface area contributed by atoms with E-state index in [2.05, 4.69) is 19.9 Å². The Bertz CT molecular complexity index is 681. The van der Waals surface area contributed by atoms with Crippen molar-refractivity contribution >= 4 is 29.2 Å². The van der Waals surface area contributed by atoms with Gasteiger partial charge in [-0.1, -0.05) is 48.7 Å². The zero-order valence-electron chi connectivity index (χ0n) is 13.9. The molecule has 0 aromatic heterocycles. The number of ether oxygens (including phenoxy) is 1. The van der Waals surface area contributed by atoms with Gasteiger partial charge < -0.3 is 9.84 Å². The highest BCUT2D eigenvalue weighted by Gasteiger charge is 2.50. The summed E-state index contributed by atoms with van der Waals surface area (Å²) in [4.78, 5) is 11.6. The second kappa shape index (κ2) is 6.61. The molecule has 1 aromatic carbocycles. The van der Waals surface area contributed by atoms with Gasteiger partial charge in [-0.2, -0.15) is 0 Å². The van der Waals surface area contributed by atoms with Gasteiger partial charge in [0.2, 0.25) is 0 Å². The van der Waals surface area contributed by atoms with E-state index in [9.17, 15) is 9.90 Å². The number of allylic oxidation sites excluding steroid dienone is 2. The van der Waals surface area contributed by atoms with Gasteiger partial charge >= 0.3 is 5.97 Å². The van der Waals surface area contributed by atoms with Gasteiger partial charge in [-0.25, -0.2) is 4.79 Å². The van der Waals surface area contributed by atoms with Crippen molar-refractivity contribution in [3.05, 3.63) is 39.9 Å². The number of carbonyl (C=O) groups is 1. The summed E-state index contributed by atoms with van der Waals surface area (Å²) in [7, 11) is 0. The zero-order valence-corrected chi connectivity index (χ0v) is 15.4. The maximum Gasteiger partial charge on any atom is 0.344 e. The Labute approximate surface area is 152 Å². The van der Waals surface area contributed by atoms with Crippen LogP contribution in [0.15, 0.2) is 29.8 Å². The van der Waals surface area contributed by atoms with E-state index in [1.54, 1.807) is 18.2 Å². The molecule has 0 spiro atoms.